The molecule has 0 aliphatic carbocycles. The molecule has 0 fully saturated rings. The van der Waals surface area contributed by atoms with Gasteiger partial charge in [-0.1, -0.05) is 0 Å². The van der Waals surface area contributed by atoms with Crippen molar-refractivity contribution in [3.05, 3.63) is 51.5 Å². The third-order valence-electron chi connectivity index (χ3n) is 4.14. The van der Waals surface area contributed by atoms with E-state index in [1.165, 1.54) is 6.92 Å². The van der Waals surface area contributed by atoms with Crippen molar-refractivity contribution in [2.75, 3.05) is 6.61 Å². The Balaban J connectivity index is 1.73. The van der Waals surface area contributed by atoms with Crippen LogP contribution >= 0.6 is 11.3 Å². The number of esters is 1. The third kappa shape index (κ3) is 3.74. The van der Waals surface area contributed by atoms with Crippen molar-refractivity contribution in [2.24, 2.45) is 0 Å². The molecule has 9 heteroatoms. The van der Waals surface area contributed by atoms with Crippen LogP contribution in [0.2, 0.25) is 0 Å². The summed E-state index contributed by atoms with van der Waals surface area (Å²) >= 11 is 1.11. The summed E-state index contributed by atoms with van der Waals surface area (Å²) in [4.78, 5) is 52.3. The normalized spacial score (nSPS) is 10.7. The fourth-order valence-electron chi connectivity index (χ4n) is 2.92. The Hall–Kier alpha value is -3.20. The van der Waals surface area contributed by atoms with Crippen molar-refractivity contribution in [1.29, 1.82) is 0 Å². The SMILES string of the molecule is CC(=O)c1c(C)[nH]c(C(=O)COC(=O)c2sc(-c3ncccn3)nc2C)c1C. The number of aromatic amines is 1. The van der Waals surface area contributed by atoms with Crippen LogP contribution in [-0.4, -0.2) is 44.1 Å². The number of hydrogen-bond donors (Lipinski definition) is 1. The molecule has 8 nitrogen and oxygen atoms in total. The fourth-order valence-corrected chi connectivity index (χ4v) is 3.82. The average molecular weight is 398 g/mol. The largest absolute Gasteiger partial charge is 0.453 e. The molecule has 0 bridgehead atoms. The first kappa shape index (κ1) is 19.6. The van der Waals surface area contributed by atoms with E-state index in [1.54, 1.807) is 39.2 Å². The van der Waals surface area contributed by atoms with Crippen molar-refractivity contribution in [2.45, 2.75) is 27.7 Å². The summed E-state index contributed by atoms with van der Waals surface area (Å²) in [5.41, 5.74) is 2.42. The van der Waals surface area contributed by atoms with Gasteiger partial charge in [-0.15, -0.1) is 11.3 Å². The van der Waals surface area contributed by atoms with Gasteiger partial charge in [0.2, 0.25) is 5.78 Å². The summed E-state index contributed by atoms with van der Waals surface area (Å²) in [5.74, 6) is -0.758. The summed E-state index contributed by atoms with van der Waals surface area (Å²) in [5, 5.41) is 0.498. The second kappa shape index (κ2) is 7.81. The molecule has 0 amide bonds. The summed E-state index contributed by atoms with van der Waals surface area (Å²) < 4.78 is 5.18. The smallest absolute Gasteiger partial charge is 0.350 e. The molecule has 0 aromatic carbocycles. The highest BCUT2D eigenvalue weighted by molar-refractivity contribution is 7.16. The van der Waals surface area contributed by atoms with Gasteiger partial charge in [-0.05, 0) is 39.3 Å². The first-order chi connectivity index (χ1) is 13.3. The van der Waals surface area contributed by atoms with E-state index < -0.39 is 18.4 Å². The van der Waals surface area contributed by atoms with Gasteiger partial charge in [0, 0.05) is 23.7 Å². The molecule has 0 saturated carbocycles. The second-order valence-electron chi connectivity index (χ2n) is 6.19. The van der Waals surface area contributed by atoms with Gasteiger partial charge in [0.05, 0.1) is 11.4 Å². The minimum Gasteiger partial charge on any atom is -0.453 e. The highest BCUT2D eigenvalue weighted by atomic mass is 32.1. The molecule has 0 radical (unpaired) electrons. The van der Waals surface area contributed by atoms with E-state index in [1.807, 2.05) is 0 Å². The summed E-state index contributed by atoms with van der Waals surface area (Å²) in [6.45, 7) is 6.09. The number of aryl methyl sites for hydroxylation is 2. The maximum absolute atomic E-state index is 12.4. The molecule has 3 heterocycles. The minimum atomic E-state index is -0.641. The minimum absolute atomic E-state index is 0.127. The Bertz CT molecular complexity index is 1070. The molecule has 0 atom stereocenters. The maximum atomic E-state index is 12.4. The van der Waals surface area contributed by atoms with Gasteiger partial charge in [-0.2, -0.15) is 0 Å². The number of ether oxygens (including phenoxy) is 1. The highest BCUT2D eigenvalue weighted by Gasteiger charge is 2.23. The molecule has 3 aromatic heterocycles. The van der Waals surface area contributed by atoms with Crippen LogP contribution in [0.15, 0.2) is 18.5 Å². The first-order valence-electron chi connectivity index (χ1n) is 8.44. The highest BCUT2D eigenvalue weighted by Crippen LogP contribution is 2.26. The molecule has 0 aliphatic heterocycles. The van der Waals surface area contributed by atoms with Crippen LogP contribution in [0.1, 0.15) is 54.4 Å². The van der Waals surface area contributed by atoms with Gasteiger partial charge in [-0.3, -0.25) is 9.59 Å². The van der Waals surface area contributed by atoms with E-state index in [0.29, 0.717) is 38.2 Å². The number of hydrogen-bond acceptors (Lipinski definition) is 8. The van der Waals surface area contributed by atoms with E-state index in [9.17, 15) is 14.4 Å². The standard InChI is InChI=1S/C19H18N4O4S/c1-9-14(12(4)24)10(2)22-15(9)13(25)8-27-19(26)16-11(3)23-18(28-16)17-20-6-5-7-21-17/h5-7,22H,8H2,1-4H3. The first-order valence-corrected chi connectivity index (χ1v) is 9.26. The predicted molar refractivity (Wildman–Crippen MR) is 103 cm³/mol. The van der Waals surface area contributed by atoms with Crippen LogP contribution in [-0.2, 0) is 4.74 Å². The zero-order chi connectivity index (χ0) is 20.4. The number of nitrogens with one attached hydrogen (secondary N) is 1. The van der Waals surface area contributed by atoms with Crippen LogP contribution in [0.3, 0.4) is 0 Å². The van der Waals surface area contributed by atoms with Crippen molar-refractivity contribution < 1.29 is 19.1 Å². The lowest BCUT2D eigenvalue weighted by Gasteiger charge is -2.03. The molecule has 3 rings (SSSR count). The zero-order valence-corrected chi connectivity index (χ0v) is 16.6. The number of nitrogens with zero attached hydrogens (tertiary/aromatic N) is 3. The van der Waals surface area contributed by atoms with Crippen molar-refractivity contribution in [1.82, 2.24) is 19.9 Å². The average Bonchev–Trinajstić information content (AvgIpc) is 3.19. The van der Waals surface area contributed by atoms with Crippen LogP contribution in [0.5, 0.6) is 0 Å². The number of thiazole rings is 1. The molecule has 3 aromatic rings. The van der Waals surface area contributed by atoms with Crippen LogP contribution in [0.4, 0.5) is 0 Å². The van der Waals surface area contributed by atoms with Crippen molar-refractivity contribution >= 4 is 28.9 Å². The van der Waals surface area contributed by atoms with E-state index in [0.717, 1.165) is 11.3 Å². The van der Waals surface area contributed by atoms with Gasteiger partial charge in [-0.25, -0.2) is 19.7 Å². The number of ketones is 2. The maximum Gasteiger partial charge on any atom is 0.350 e. The van der Waals surface area contributed by atoms with E-state index in [-0.39, 0.29) is 11.5 Å². The molecular weight excluding hydrogens is 380 g/mol. The second-order valence-corrected chi connectivity index (χ2v) is 7.19. The van der Waals surface area contributed by atoms with E-state index in [2.05, 4.69) is 19.9 Å². The monoisotopic (exact) mass is 398 g/mol. The lowest BCUT2D eigenvalue weighted by atomic mass is 10.1. The van der Waals surface area contributed by atoms with Crippen molar-refractivity contribution in [3.8, 4) is 10.8 Å². The predicted octanol–water partition coefficient (Wildman–Crippen LogP) is 3.10. The number of H-pyrrole nitrogens is 1. The molecule has 1 N–H and O–H groups in total. The van der Waals surface area contributed by atoms with Gasteiger partial charge in [0.25, 0.3) is 0 Å². The number of Topliss-reactive ketones (excluding diaryl/α,β-unsaturated/α-hetero) is 2. The van der Waals surface area contributed by atoms with Gasteiger partial charge in [0.1, 0.15) is 4.88 Å². The van der Waals surface area contributed by atoms with E-state index in [4.69, 9.17) is 4.74 Å². The molecule has 0 unspecified atom stereocenters. The summed E-state index contributed by atoms with van der Waals surface area (Å²) in [6.07, 6.45) is 3.18. The van der Waals surface area contributed by atoms with Crippen LogP contribution < -0.4 is 0 Å². The Labute approximate surface area is 165 Å². The van der Waals surface area contributed by atoms with E-state index >= 15 is 0 Å². The Morgan fingerprint density at radius 3 is 2.43 bits per heavy atom. The topological polar surface area (TPSA) is 115 Å². The summed E-state index contributed by atoms with van der Waals surface area (Å²) in [7, 11) is 0. The molecule has 0 saturated heterocycles. The zero-order valence-electron chi connectivity index (χ0n) is 15.8. The number of aromatic nitrogens is 4. The van der Waals surface area contributed by atoms with Crippen LogP contribution in [0, 0.1) is 20.8 Å². The number of carbonyl (C=O) groups excluding carboxylic acids is 3. The Morgan fingerprint density at radius 1 is 1.14 bits per heavy atom. The number of carbonyl (C=O) groups is 3. The van der Waals surface area contributed by atoms with Crippen molar-refractivity contribution in [3.63, 3.8) is 0 Å². The quantitative estimate of drug-likeness (QED) is 0.501. The van der Waals surface area contributed by atoms with Crippen LogP contribution in [0.25, 0.3) is 10.8 Å². The molecule has 0 aliphatic rings. The summed E-state index contributed by atoms with van der Waals surface area (Å²) in [6, 6.07) is 1.69. The lowest BCUT2D eigenvalue weighted by molar-refractivity contribution is 0.0477. The number of rotatable bonds is 6. The molecular formula is C19H18N4O4S. The lowest BCUT2D eigenvalue weighted by Crippen LogP contribution is -2.15. The molecule has 0 spiro atoms. The Morgan fingerprint density at radius 2 is 1.82 bits per heavy atom. The molecule has 28 heavy (non-hydrogen) atoms. The Kier molecular flexibility index (Phi) is 5.46. The van der Waals surface area contributed by atoms with Gasteiger partial charge in [0.15, 0.2) is 23.2 Å². The van der Waals surface area contributed by atoms with Gasteiger partial charge >= 0.3 is 5.97 Å². The fraction of sp³-hybridized carbons (Fsp3) is 0.263. The molecule has 144 valence electrons. The third-order valence-corrected chi connectivity index (χ3v) is 5.28. The van der Waals surface area contributed by atoms with Gasteiger partial charge < -0.3 is 9.72 Å².